The van der Waals surface area contributed by atoms with Gasteiger partial charge in [0.2, 0.25) is 0 Å². The lowest BCUT2D eigenvalue weighted by atomic mass is 10.2. The number of nitrogen functional groups attached to an aromatic ring is 1. The van der Waals surface area contributed by atoms with Crippen molar-refractivity contribution in [1.82, 2.24) is 4.98 Å². The summed E-state index contributed by atoms with van der Waals surface area (Å²) in [6.07, 6.45) is 0. The fourth-order valence-corrected chi connectivity index (χ4v) is 2.54. The zero-order valence-electron chi connectivity index (χ0n) is 9.83. The van der Waals surface area contributed by atoms with Gasteiger partial charge in [-0.15, -0.1) is 0 Å². The Morgan fingerprint density at radius 1 is 1.21 bits per heavy atom. The van der Waals surface area contributed by atoms with Gasteiger partial charge in [-0.1, -0.05) is 12.1 Å². The first-order chi connectivity index (χ1) is 9.26. The molecule has 0 radical (unpaired) electrons. The molecule has 2 N–H and O–H groups in total. The lowest BCUT2D eigenvalue weighted by Gasteiger charge is -1.98. The zero-order valence-corrected chi connectivity index (χ0v) is 10.6. The number of hydrogen-bond acceptors (Lipinski definition) is 5. The summed E-state index contributed by atoms with van der Waals surface area (Å²) in [6, 6.07) is 14.8. The number of nitrogens with two attached hydrogens (primary N) is 1. The van der Waals surface area contributed by atoms with Crippen LogP contribution < -0.4 is 5.73 Å². The summed E-state index contributed by atoms with van der Waals surface area (Å²) in [4.78, 5) is 5.18. The van der Waals surface area contributed by atoms with E-state index >= 15 is 0 Å². The van der Waals surface area contributed by atoms with Crippen molar-refractivity contribution >= 4 is 28.5 Å². The van der Waals surface area contributed by atoms with E-state index < -0.39 is 0 Å². The van der Waals surface area contributed by atoms with E-state index in [2.05, 4.69) is 11.1 Å². The van der Waals surface area contributed by atoms with Gasteiger partial charge in [-0.2, -0.15) is 5.26 Å². The molecule has 0 fully saturated rings. The minimum atomic E-state index is 0.503. The van der Waals surface area contributed by atoms with Crippen LogP contribution in [0.1, 0.15) is 5.56 Å². The molecule has 92 valence electrons. The molecule has 3 aromatic rings. The summed E-state index contributed by atoms with van der Waals surface area (Å²) in [7, 11) is 0. The monoisotopic (exact) mass is 267 g/mol. The third-order valence-electron chi connectivity index (χ3n) is 2.60. The molecule has 1 heterocycles. The first kappa shape index (κ1) is 11.6. The van der Waals surface area contributed by atoms with Crippen molar-refractivity contribution in [3.8, 4) is 6.07 Å². The first-order valence-corrected chi connectivity index (χ1v) is 6.41. The van der Waals surface area contributed by atoms with Gasteiger partial charge in [-0.3, -0.25) is 0 Å². The maximum Gasteiger partial charge on any atom is 0.261 e. The van der Waals surface area contributed by atoms with E-state index in [0.717, 1.165) is 10.4 Å². The molecule has 1 aromatic heterocycles. The van der Waals surface area contributed by atoms with Gasteiger partial charge in [0.25, 0.3) is 5.22 Å². The van der Waals surface area contributed by atoms with Crippen LogP contribution in [-0.4, -0.2) is 4.98 Å². The SMILES string of the molecule is N#Cc1ccccc1Sc1nc2ccc(N)cc2o1. The van der Waals surface area contributed by atoms with Crippen LogP contribution in [0.25, 0.3) is 11.1 Å². The highest BCUT2D eigenvalue weighted by Crippen LogP contribution is 2.32. The zero-order chi connectivity index (χ0) is 13.2. The number of nitriles is 1. The molecule has 5 heteroatoms. The second-order valence-corrected chi connectivity index (χ2v) is 4.91. The highest BCUT2D eigenvalue weighted by atomic mass is 32.2. The Bertz CT molecular complexity index is 789. The van der Waals surface area contributed by atoms with E-state index in [4.69, 9.17) is 15.4 Å². The normalized spacial score (nSPS) is 10.5. The molecular weight excluding hydrogens is 258 g/mol. The minimum absolute atomic E-state index is 0.503. The molecule has 2 aromatic carbocycles. The Morgan fingerprint density at radius 3 is 2.89 bits per heavy atom. The maximum absolute atomic E-state index is 9.04. The van der Waals surface area contributed by atoms with Crippen LogP contribution in [0.5, 0.6) is 0 Å². The molecule has 0 aliphatic rings. The lowest BCUT2D eigenvalue weighted by molar-refractivity contribution is 0.489. The van der Waals surface area contributed by atoms with Gasteiger partial charge < -0.3 is 10.2 Å². The van der Waals surface area contributed by atoms with Crippen molar-refractivity contribution in [2.45, 2.75) is 10.1 Å². The quantitative estimate of drug-likeness (QED) is 0.720. The van der Waals surface area contributed by atoms with Crippen LogP contribution in [0.4, 0.5) is 5.69 Å². The Kier molecular flexibility index (Phi) is 2.86. The maximum atomic E-state index is 9.04. The van der Waals surface area contributed by atoms with Crippen LogP contribution in [0.15, 0.2) is 57.0 Å². The Morgan fingerprint density at radius 2 is 2.05 bits per heavy atom. The summed E-state index contributed by atoms with van der Waals surface area (Å²) >= 11 is 1.33. The van der Waals surface area contributed by atoms with Crippen molar-refractivity contribution in [3.05, 3.63) is 48.0 Å². The number of anilines is 1. The molecule has 0 atom stereocenters. The number of aromatic nitrogens is 1. The molecule has 0 bridgehead atoms. The van der Waals surface area contributed by atoms with E-state index in [1.54, 1.807) is 18.2 Å². The minimum Gasteiger partial charge on any atom is -0.431 e. The van der Waals surface area contributed by atoms with Gasteiger partial charge in [0.05, 0.1) is 5.56 Å². The summed E-state index contributed by atoms with van der Waals surface area (Å²) in [5.74, 6) is 0. The fraction of sp³-hybridized carbons (Fsp3) is 0. The van der Waals surface area contributed by atoms with Crippen LogP contribution in [0.2, 0.25) is 0 Å². The molecule has 0 saturated heterocycles. The van der Waals surface area contributed by atoms with Crippen molar-refractivity contribution < 1.29 is 4.42 Å². The number of hydrogen-bond donors (Lipinski definition) is 1. The second kappa shape index (κ2) is 4.67. The molecule has 19 heavy (non-hydrogen) atoms. The van der Waals surface area contributed by atoms with E-state index in [9.17, 15) is 0 Å². The fourth-order valence-electron chi connectivity index (χ4n) is 1.71. The number of rotatable bonds is 2. The van der Waals surface area contributed by atoms with Gasteiger partial charge in [0, 0.05) is 16.6 Å². The number of oxazole rings is 1. The highest BCUT2D eigenvalue weighted by Gasteiger charge is 2.10. The predicted octanol–water partition coefficient (Wildman–Crippen LogP) is 3.43. The van der Waals surface area contributed by atoms with Crippen LogP contribution >= 0.6 is 11.8 Å². The largest absolute Gasteiger partial charge is 0.431 e. The standard InChI is InChI=1S/C14H9N3OS/c15-8-9-3-1-2-4-13(9)19-14-17-11-6-5-10(16)7-12(11)18-14/h1-7H,16H2. The van der Waals surface area contributed by atoms with Crippen LogP contribution in [0, 0.1) is 11.3 Å². The average Bonchev–Trinajstić information content (AvgIpc) is 2.80. The van der Waals surface area contributed by atoms with Crippen molar-refractivity contribution in [2.75, 3.05) is 5.73 Å². The van der Waals surface area contributed by atoms with Gasteiger partial charge in [-0.25, -0.2) is 4.98 Å². The van der Waals surface area contributed by atoms with Crippen molar-refractivity contribution in [1.29, 1.82) is 5.26 Å². The Labute approximate surface area is 113 Å². The van der Waals surface area contributed by atoms with E-state index in [1.165, 1.54) is 11.8 Å². The molecule has 0 unspecified atom stereocenters. The molecule has 4 nitrogen and oxygen atoms in total. The first-order valence-electron chi connectivity index (χ1n) is 5.59. The molecule has 0 spiro atoms. The van der Waals surface area contributed by atoms with Gasteiger partial charge >= 0.3 is 0 Å². The van der Waals surface area contributed by atoms with E-state index in [1.807, 2.05) is 24.3 Å². The third kappa shape index (κ3) is 2.26. The number of benzene rings is 2. The van der Waals surface area contributed by atoms with Gasteiger partial charge in [0.15, 0.2) is 5.58 Å². The molecule has 3 rings (SSSR count). The van der Waals surface area contributed by atoms with Crippen LogP contribution in [-0.2, 0) is 0 Å². The highest BCUT2D eigenvalue weighted by molar-refractivity contribution is 7.99. The lowest BCUT2D eigenvalue weighted by Crippen LogP contribution is -1.81. The molecular formula is C14H9N3OS. The Balaban J connectivity index is 1.99. The predicted molar refractivity (Wildman–Crippen MR) is 73.7 cm³/mol. The topological polar surface area (TPSA) is 75.8 Å². The summed E-state index contributed by atoms with van der Waals surface area (Å²) in [6.45, 7) is 0. The number of fused-ring (bicyclic) bond motifs is 1. The molecule has 0 aliphatic carbocycles. The Hall–Kier alpha value is -2.45. The molecule has 0 saturated carbocycles. The van der Waals surface area contributed by atoms with Crippen molar-refractivity contribution in [2.24, 2.45) is 0 Å². The number of nitrogens with zero attached hydrogens (tertiary/aromatic N) is 2. The van der Waals surface area contributed by atoms with Gasteiger partial charge in [0.1, 0.15) is 11.6 Å². The van der Waals surface area contributed by atoms with Gasteiger partial charge in [-0.05, 0) is 36.0 Å². The smallest absolute Gasteiger partial charge is 0.261 e. The second-order valence-electron chi connectivity index (χ2n) is 3.92. The van der Waals surface area contributed by atoms with Crippen molar-refractivity contribution in [3.63, 3.8) is 0 Å². The summed E-state index contributed by atoms with van der Waals surface area (Å²) < 4.78 is 5.61. The molecule has 0 aliphatic heterocycles. The van der Waals surface area contributed by atoms with E-state index in [0.29, 0.717) is 22.1 Å². The van der Waals surface area contributed by atoms with Crippen LogP contribution in [0.3, 0.4) is 0 Å². The van der Waals surface area contributed by atoms with E-state index in [-0.39, 0.29) is 0 Å². The average molecular weight is 267 g/mol. The third-order valence-corrected chi connectivity index (χ3v) is 3.52. The summed E-state index contributed by atoms with van der Waals surface area (Å²) in [5.41, 5.74) is 8.34. The summed E-state index contributed by atoms with van der Waals surface area (Å²) in [5, 5.41) is 9.54. The molecule has 0 amide bonds.